The Morgan fingerprint density at radius 2 is 1.74 bits per heavy atom. The van der Waals surface area contributed by atoms with Gasteiger partial charge in [0.15, 0.2) is 8.32 Å². The molecule has 0 bridgehead atoms. The Kier molecular flexibility index (Phi) is 6.87. The number of hydrogen-bond donors (Lipinski definition) is 0. The molecule has 1 unspecified atom stereocenters. The van der Waals surface area contributed by atoms with E-state index in [0.717, 1.165) is 32.1 Å². The first kappa shape index (κ1) is 26.5. The first-order chi connectivity index (χ1) is 15.7. The lowest BCUT2D eigenvalue weighted by atomic mass is 9.44. The highest BCUT2D eigenvalue weighted by atomic mass is 28.4. The predicted octanol–water partition coefficient (Wildman–Crippen LogP) is 6.82. The molecule has 0 radical (unpaired) electrons. The van der Waals surface area contributed by atoms with E-state index in [4.69, 9.17) is 9.16 Å². The van der Waals surface area contributed by atoms with Crippen LogP contribution in [-0.4, -0.2) is 38.7 Å². The van der Waals surface area contributed by atoms with Gasteiger partial charge in [0.05, 0.1) is 12.2 Å². The fourth-order valence-corrected chi connectivity index (χ4v) is 10.1. The van der Waals surface area contributed by atoms with Crippen LogP contribution in [-0.2, 0) is 18.8 Å². The van der Waals surface area contributed by atoms with Crippen molar-refractivity contribution in [3.63, 3.8) is 0 Å². The highest BCUT2D eigenvalue weighted by Gasteiger charge is 2.65. The lowest BCUT2D eigenvalue weighted by molar-refractivity contribution is -0.177. The second kappa shape index (κ2) is 8.80. The molecule has 4 aliphatic carbocycles. The van der Waals surface area contributed by atoms with Crippen LogP contribution < -0.4 is 0 Å². The van der Waals surface area contributed by atoms with Gasteiger partial charge >= 0.3 is 0 Å². The summed E-state index contributed by atoms with van der Waals surface area (Å²) in [6.07, 6.45) is 7.13. The molecular weight excluding hydrogens is 440 g/mol. The van der Waals surface area contributed by atoms with Crippen molar-refractivity contribution in [3.05, 3.63) is 0 Å². The lowest BCUT2D eigenvalue weighted by Crippen LogP contribution is -2.61. The van der Waals surface area contributed by atoms with Crippen molar-refractivity contribution >= 4 is 19.9 Å². The molecule has 0 spiro atoms. The number of Topliss-reactive ketones (excluding diaryl/α,β-unsaturated/α-hetero) is 2. The van der Waals surface area contributed by atoms with Crippen LogP contribution in [0.5, 0.6) is 0 Å². The summed E-state index contributed by atoms with van der Waals surface area (Å²) in [5.41, 5.74) is -0.155. The van der Waals surface area contributed by atoms with Crippen molar-refractivity contribution in [3.8, 4) is 0 Å². The van der Waals surface area contributed by atoms with Gasteiger partial charge in [-0.2, -0.15) is 0 Å². The third kappa shape index (κ3) is 4.10. The first-order valence-corrected chi connectivity index (χ1v) is 16.9. The van der Waals surface area contributed by atoms with Crippen LogP contribution >= 0.6 is 0 Å². The molecule has 0 aromatic heterocycles. The molecule has 4 nitrogen and oxygen atoms in total. The molecule has 0 saturated heterocycles. The molecule has 0 amide bonds. The highest BCUT2D eigenvalue weighted by Crippen LogP contribution is 2.67. The quantitative estimate of drug-likeness (QED) is 0.397. The number of fused-ring (bicyclic) bond motifs is 5. The summed E-state index contributed by atoms with van der Waals surface area (Å²) in [6, 6.07) is 0. The minimum absolute atomic E-state index is 0.0250. The SMILES string of the molecule is CCO[C@H]1C[C@@]2(C)[C@@H](CC[C@H]3[C@@H]4CC[C@H](C(C)=O)[C@@]4(C)CC(=O)[C@@H]32)CC1O[Si](C)(C)C(C)(C)C. The number of ether oxygens (including phenoxy) is 1. The Labute approximate surface area is 209 Å². The van der Waals surface area contributed by atoms with Crippen LogP contribution in [0.15, 0.2) is 0 Å². The number of hydrogen-bond acceptors (Lipinski definition) is 4. The van der Waals surface area contributed by atoms with E-state index in [-0.39, 0.29) is 45.7 Å². The van der Waals surface area contributed by atoms with E-state index >= 15 is 0 Å². The van der Waals surface area contributed by atoms with Gasteiger partial charge in [-0.15, -0.1) is 0 Å². The topological polar surface area (TPSA) is 52.6 Å². The van der Waals surface area contributed by atoms with Gasteiger partial charge in [-0.3, -0.25) is 9.59 Å². The smallest absolute Gasteiger partial charge is 0.192 e. The first-order valence-electron chi connectivity index (χ1n) is 14.0. The van der Waals surface area contributed by atoms with Crippen molar-refractivity contribution in [1.82, 2.24) is 0 Å². The predicted molar refractivity (Wildman–Crippen MR) is 139 cm³/mol. The molecule has 9 atom stereocenters. The zero-order valence-electron chi connectivity index (χ0n) is 23.3. The molecule has 4 aliphatic rings. The summed E-state index contributed by atoms with van der Waals surface area (Å²) in [5.74, 6) is 2.35. The van der Waals surface area contributed by atoms with Gasteiger partial charge in [-0.25, -0.2) is 0 Å². The van der Waals surface area contributed by atoms with Crippen LogP contribution in [0.4, 0.5) is 0 Å². The molecule has 34 heavy (non-hydrogen) atoms. The van der Waals surface area contributed by atoms with Crippen molar-refractivity contribution in [1.29, 1.82) is 0 Å². The van der Waals surface area contributed by atoms with E-state index in [0.29, 0.717) is 36.6 Å². The Bertz CT molecular complexity index is 815. The number of carbonyl (C=O) groups excluding carboxylic acids is 2. The zero-order chi connectivity index (χ0) is 25.3. The molecule has 0 aromatic rings. The van der Waals surface area contributed by atoms with E-state index in [1.54, 1.807) is 6.92 Å². The molecular formula is C29H50O4Si. The fourth-order valence-electron chi connectivity index (χ4n) is 8.78. The Balaban J connectivity index is 1.62. The average molecular weight is 491 g/mol. The molecule has 0 aromatic carbocycles. The minimum Gasteiger partial charge on any atom is -0.411 e. The van der Waals surface area contributed by atoms with E-state index in [1.165, 1.54) is 6.42 Å². The summed E-state index contributed by atoms with van der Waals surface area (Å²) in [6.45, 7) is 20.8. The fraction of sp³-hybridized carbons (Fsp3) is 0.931. The maximum atomic E-state index is 13.9. The van der Waals surface area contributed by atoms with Crippen LogP contribution in [0.2, 0.25) is 18.1 Å². The van der Waals surface area contributed by atoms with Crippen LogP contribution in [0.25, 0.3) is 0 Å². The molecule has 0 aliphatic heterocycles. The number of rotatable bonds is 5. The molecule has 4 fully saturated rings. The van der Waals surface area contributed by atoms with Crippen LogP contribution in [0, 0.1) is 40.4 Å². The lowest BCUT2D eigenvalue weighted by Gasteiger charge is -2.61. The van der Waals surface area contributed by atoms with E-state index in [1.807, 2.05) is 0 Å². The summed E-state index contributed by atoms with van der Waals surface area (Å²) >= 11 is 0. The summed E-state index contributed by atoms with van der Waals surface area (Å²) in [5, 5.41) is 0.168. The Morgan fingerprint density at radius 3 is 2.32 bits per heavy atom. The van der Waals surface area contributed by atoms with E-state index in [9.17, 15) is 9.59 Å². The van der Waals surface area contributed by atoms with Crippen molar-refractivity contribution in [2.75, 3.05) is 6.61 Å². The highest BCUT2D eigenvalue weighted by molar-refractivity contribution is 6.74. The van der Waals surface area contributed by atoms with Gasteiger partial charge in [0.1, 0.15) is 11.6 Å². The number of carbonyl (C=O) groups is 2. The maximum absolute atomic E-state index is 13.9. The molecule has 0 N–H and O–H groups in total. The van der Waals surface area contributed by atoms with Crippen molar-refractivity contribution in [2.45, 2.75) is 124 Å². The monoisotopic (exact) mass is 490 g/mol. The largest absolute Gasteiger partial charge is 0.411 e. The van der Waals surface area contributed by atoms with Gasteiger partial charge < -0.3 is 9.16 Å². The average Bonchev–Trinajstić information content (AvgIpc) is 3.04. The van der Waals surface area contributed by atoms with E-state index < -0.39 is 8.32 Å². The van der Waals surface area contributed by atoms with Gasteiger partial charge in [0.25, 0.3) is 0 Å². The molecule has 4 saturated carbocycles. The van der Waals surface area contributed by atoms with Gasteiger partial charge in [0, 0.05) is 24.9 Å². The summed E-state index contributed by atoms with van der Waals surface area (Å²) in [4.78, 5) is 26.4. The van der Waals surface area contributed by atoms with Crippen molar-refractivity contribution in [2.24, 2.45) is 40.4 Å². The second-order valence-corrected chi connectivity index (χ2v) is 19.0. The Morgan fingerprint density at radius 1 is 1.06 bits per heavy atom. The van der Waals surface area contributed by atoms with Gasteiger partial charge in [-0.1, -0.05) is 34.6 Å². The molecule has 4 rings (SSSR count). The standard InChI is InChI=1S/C29H50O4Si/c1-10-32-25-17-28(6)19(15-24(25)33-34(8,9)27(3,4)5)11-12-20-22-14-13-21(18(2)30)29(22,7)16-23(31)26(20)28/h19-22,24-26H,10-17H2,1-9H3/t19-,20-,21+,22-,24?,25-,26+,28-,29+/m0/s1. The Hall–Kier alpha value is -0.523. The van der Waals surface area contributed by atoms with Gasteiger partial charge in [-0.05, 0) is 99.1 Å². The van der Waals surface area contributed by atoms with Crippen LogP contribution in [0.3, 0.4) is 0 Å². The molecule has 5 heteroatoms. The zero-order valence-corrected chi connectivity index (χ0v) is 24.3. The number of ketones is 2. The van der Waals surface area contributed by atoms with Crippen LogP contribution in [0.1, 0.15) is 93.4 Å². The van der Waals surface area contributed by atoms with Crippen molar-refractivity contribution < 1.29 is 18.8 Å². The normalized spacial score (nSPS) is 44.9. The minimum atomic E-state index is -1.92. The molecule has 194 valence electrons. The van der Waals surface area contributed by atoms with Gasteiger partial charge in [0.2, 0.25) is 0 Å². The third-order valence-electron chi connectivity index (χ3n) is 11.4. The third-order valence-corrected chi connectivity index (χ3v) is 15.9. The summed E-state index contributed by atoms with van der Waals surface area (Å²) < 4.78 is 13.4. The maximum Gasteiger partial charge on any atom is 0.192 e. The van der Waals surface area contributed by atoms with E-state index in [2.05, 4.69) is 54.6 Å². The summed E-state index contributed by atoms with van der Waals surface area (Å²) in [7, 11) is -1.92. The second-order valence-electron chi connectivity index (χ2n) is 14.3. The molecule has 0 heterocycles.